The van der Waals surface area contributed by atoms with Gasteiger partial charge in [-0.1, -0.05) is 116 Å². The quantitative estimate of drug-likeness (QED) is 0.0961. The van der Waals surface area contributed by atoms with Crippen LogP contribution in [0.5, 0.6) is 0 Å². The van der Waals surface area contributed by atoms with Crippen LogP contribution in [-0.2, 0) is 0 Å². The Morgan fingerprint density at radius 1 is 0.289 bits per heavy atom. The number of carbonyl (C=O) groups excluding carboxylic acids is 2. The lowest BCUT2D eigenvalue weighted by atomic mass is 9.85. The SMILES string of the molecule is C#Cn1c2ccccc2c2ccccc21.C(#Cc1cccnn1)c1cccnn1.Cc1c(Br)c(C=O)c(C)c(-c2cccnn2)c1-c1cccnn1.Cc1c(C#Cn2c3ccccc3c3ccccc32)c(C=C(Br)Br)c(C)c(-c2cccnn2)c1-c1cccnn1.Cc1c(C#Cn2c3ccccc3c3ccccc32)c(C=O)c(C)c(-c2cccnn2)c1-c1cccnn1. The molecule has 21 nitrogen and oxygen atoms in total. The first-order chi connectivity index (χ1) is 62.7. The summed E-state index contributed by atoms with van der Waals surface area (Å²) in [7, 11) is 0. The molecular weight excluding hydrogens is 1790 g/mol. The minimum absolute atomic E-state index is 0.527. The molecule has 20 rings (SSSR count). The summed E-state index contributed by atoms with van der Waals surface area (Å²) in [6.07, 6.45) is 22.4. The number of hydrogen-bond acceptors (Lipinski definition) is 18. The Labute approximate surface area is 761 Å². The Bertz CT molecular complexity index is 7660. The molecule has 128 heavy (non-hydrogen) atoms. The molecule has 0 aliphatic rings. The Balaban J connectivity index is 0.000000124. The molecule has 0 amide bonds. The van der Waals surface area contributed by atoms with Crippen LogP contribution in [0.3, 0.4) is 0 Å². The molecule has 0 atom stereocenters. The van der Waals surface area contributed by atoms with Gasteiger partial charge in [0.1, 0.15) is 11.4 Å². The monoisotopic (exact) mass is 1850 g/mol. The summed E-state index contributed by atoms with van der Waals surface area (Å²) in [4.78, 5) is 24.0. The number of carbonyl (C=O) groups is 2. The van der Waals surface area contributed by atoms with Gasteiger partial charge in [0, 0.05) is 160 Å². The van der Waals surface area contributed by atoms with E-state index in [2.05, 4.69) is 275 Å². The first-order valence-corrected chi connectivity index (χ1v) is 42.4. The van der Waals surface area contributed by atoms with Gasteiger partial charge in [-0.25, -0.2) is 0 Å². The number of terminal acetylenes is 1. The number of rotatable bonds is 9. The molecule has 0 saturated heterocycles. The third-order valence-corrected chi connectivity index (χ3v) is 22.9. The normalized spacial score (nSPS) is 10.6. The van der Waals surface area contributed by atoms with Gasteiger partial charge in [0.25, 0.3) is 0 Å². The summed E-state index contributed by atoms with van der Waals surface area (Å²) in [6, 6.07) is 88.8. The molecule has 0 unspecified atom stereocenters. The zero-order valence-electron chi connectivity index (χ0n) is 69.5. The van der Waals surface area contributed by atoms with Gasteiger partial charge in [-0.15, -0.1) is 10.2 Å². The van der Waals surface area contributed by atoms with Crippen LogP contribution >= 0.6 is 47.8 Å². The van der Waals surface area contributed by atoms with Crippen molar-refractivity contribution in [3.63, 3.8) is 0 Å². The summed E-state index contributed by atoms with van der Waals surface area (Å²) >= 11 is 10.7. The Kier molecular flexibility index (Phi) is 26.4. The fraction of sp³-hybridized carbons (Fsp3) is 0.0577. The van der Waals surface area contributed by atoms with Gasteiger partial charge in [0.15, 0.2) is 12.6 Å². The zero-order chi connectivity index (χ0) is 88.6. The van der Waals surface area contributed by atoms with Crippen LogP contribution in [0.25, 0.3) is 139 Å². The van der Waals surface area contributed by atoms with Crippen molar-refractivity contribution in [2.24, 2.45) is 0 Å². The molecule has 24 heteroatoms. The smallest absolute Gasteiger partial charge is 0.151 e. The van der Waals surface area contributed by atoms with E-state index >= 15 is 0 Å². The molecule has 0 radical (unpaired) electrons. The number of fused-ring (bicyclic) bond motifs is 9. The van der Waals surface area contributed by atoms with Crippen LogP contribution in [-0.4, -0.2) is 108 Å². The van der Waals surface area contributed by atoms with E-state index in [9.17, 15) is 9.59 Å². The highest BCUT2D eigenvalue weighted by molar-refractivity contribution is 9.28. The highest BCUT2D eigenvalue weighted by Gasteiger charge is 2.27. The summed E-state index contributed by atoms with van der Waals surface area (Å²) in [6.45, 7) is 11.9. The van der Waals surface area contributed by atoms with Gasteiger partial charge in [0.2, 0.25) is 0 Å². The maximum atomic E-state index is 12.5. The first-order valence-electron chi connectivity index (χ1n) is 40.1. The van der Waals surface area contributed by atoms with Crippen molar-refractivity contribution in [1.82, 2.24) is 95.3 Å². The molecule has 9 aromatic carbocycles. The molecule has 0 spiro atoms. The van der Waals surface area contributed by atoms with E-state index in [1.165, 1.54) is 21.5 Å². The maximum absolute atomic E-state index is 12.5. The third kappa shape index (κ3) is 17.7. The van der Waals surface area contributed by atoms with Crippen molar-refractivity contribution >= 4 is 132 Å². The van der Waals surface area contributed by atoms with Crippen LogP contribution in [0.1, 0.15) is 82.2 Å². The average Bonchev–Trinajstić information content (AvgIpc) is 1.15. The summed E-state index contributed by atoms with van der Waals surface area (Å²) in [5, 5.41) is 72.6. The van der Waals surface area contributed by atoms with E-state index in [4.69, 9.17) is 6.42 Å². The summed E-state index contributed by atoms with van der Waals surface area (Å²) < 4.78 is 7.54. The van der Waals surface area contributed by atoms with Gasteiger partial charge >= 0.3 is 0 Å². The molecule has 0 fully saturated rings. The number of aromatic nitrogens is 19. The van der Waals surface area contributed by atoms with Gasteiger partial charge < -0.3 is 0 Å². The Morgan fingerprint density at radius 2 is 0.539 bits per heavy atom. The number of aldehydes is 2. The van der Waals surface area contributed by atoms with Crippen LogP contribution in [0.4, 0.5) is 0 Å². The van der Waals surface area contributed by atoms with Gasteiger partial charge in [0.05, 0.1) is 70.7 Å². The van der Waals surface area contributed by atoms with E-state index < -0.39 is 0 Å². The molecule has 614 valence electrons. The second-order valence-electron chi connectivity index (χ2n) is 28.8. The molecule has 0 saturated carbocycles. The molecule has 11 aromatic heterocycles. The van der Waals surface area contributed by atoms with E-state index in [0.29, 0.717) is 45.2 Å². The van der Waals surface area contributed by atoms with Crippen LogP contribution in [0, 0.1) is 89.8 Å². The highest BCUT2D eigenvalue weighted by Crippen LogP contribution is 2.45. The number of nitrogens with zero attached hydrogens (tertiary/aromatic N) is 19. The van der Waals surface area contributed by atoms with Crippen LogP contribution < -0.4 is 0 Å². The van der Waals surface area contributed by atoms with Crippen molar-refractivity contribution < 1.29 is 9.59 Å². The fourth-order valence-corrected chi connectivity index (χ4v) is 16.7. The standard InChI is InChI=1S/C32H21Br2N5.C31H21N5O.C17H13BrN4O.C14H9N.C10H6N4/c1-20-22(15-18-39-28-13-5-3-9-23(28)24-10-4-6-14-29(24)39)25(19-30(33)34)21(2)32(27-12-8-17-36-38-27)31(20)26-11-7-16-35-37-26;1-20-22(15-18-36-28-13-5-3-9-23(28)24-10-4-6-14-29(24)36)25(19-37)21(2)31(27-12-8-17-33-35-27)30(20)26-11-7-16-32-34-26;1-10-12(9-23)17(18)11(2)16(14-6-4-8-20-22-14)15(10)13-5-3-7-19-21-13;1-2-15-13-9-5-3-7-11(13)12-8-4-6-10-14(12)15;1-3-9(13-11-7-1)5-6-10-4-2-8-12-14-10/h3-14,16-17,19H,1-2H3;3-14,16-17,19H,1-2H3;3-9H,1-2H3;1,3-10H;1-4,7-8H. The molecule has 0 N–H and O–H groups in total. The van der Waals surface area contributed by atoms with Gasteiger partial charge in [-0.3, -0.25) is 23.3 Å². The number of hydrogen-bond donors (Lipinski definition) is 0. The molecule has 0 aliphatic heterocycles. The largest absolute Gasteiger partial charge is 0.298 e. The molecular formula is C104H70Br3N19O2. The minimum Gasteiger partial charge on any atom is -0.298 e. The van der Waals surface area contributed by atoms with E-state index in [1.807, 2.05) is 176 Å². The topological polar surface area (TPSA) is 255 Å². The van der Waals surface area contributed by atoms with Gasteiger partial charge in [-0.05, 0) is 291 Å². The second kappa shape index (κ2) is 39.5. The Hall–Kier alpha value is -16.2. The van der Waals surface area contributed by atoms with Crippen molar-refractivity contribution in [1.29, 1.82) is 0 Å². The van der Waals surface area contributed by atoms with Crippen molar-refractivity contribution in [3.8, 4) is 116 Å². The number of para-hydroxylation sites is 6. The predicted octanol–water partition coefficient (Wildman–Crippen LogP) is 22.0. The minimum atomic E-state index is 0.527. The third-order valence-electron chi connectivity index (χ3n) is 21.4. The van der Waals surface area contributed by atoms with E-state index in [1.54, 1.807) is 73.8 Å². The Morgan fingerprint density at radius 3 is 0.805 bits per heavy atom. The zero-order valence-corrected chi connectivity index (χ0v) is 74.2. The number of benzene rings is 9. The first kappa shape index (κ1) is 85.3. The fourth-order valence-electron chi connectivity index (χ4n) is 15.7. The average molecular weight is 1860 g/mol. The predicted molar refractivity (Wildman–Crippen MR) is 515 cm³/mol. The molecule has 0 aliphatic carbocycles. The van der Waals surface area contributed by atoms with E-state index in [-0.39, 0.29) is 0 Å². The lowest BCUT2D eigenvalue weighted by Crippen LogP contribution is -2.05. The molecule has 11 heterocycles. The molecule has 0 bridgehead atoms. The van der Waals surface area contributed by atoms with Crippen LogP contribution in [0.15, 0.2) is 300 Å². The van der Waals surface area contributed by atoms with Crippen molar-refractivity contribution in [2.75, 3.05) is 0 Å². The summed E-state index contributed by atoms with van der Waals surface area (Å²) in [5.41, 5.74) is 26.2. The lowest BCUT2D eigenvalue weighted by molar-refractivity contribution is 0.111. The van der Waals surface area contributed by atoms with Crippen molar-refractivity contribution in [3.05, 3.63) is 373 Å². The highest BCUT2D eigenvalue weighted by atomic mass is 79.9. The maximum Gasteiger partial charge on any atom is 0.151 e. The summed E-state index contributed by atoms with van der Waals surface area (Å²) in [5.74, 6) is 12.6. The van der Waals surface area contributed by atoms with Gasteiger partial charge in [-0.2, -0.15) is 71.4 Å². The second-order valence-corrected chi connectivity index (χ2v) is 32.4. The van der Waals surface area contributed by atoms with Crippen LogP contribution in [0.2, 0.25) is 0 Å². The van der Waals surface area contributed by atoms with E-state index in [0.717, 1.165) is 159 Å². The molecule has 20 aromatic rings. The number of halogens is 3. The lowest BCUT2D eigenvalue weighted by Gasteiger charge is -2.19. The van der Waals surface area contributed by atoms with Crippen molar-refractivity contribution in [2.45, 2.75) is 41.5 Å².